The van der Waals surface area contributed by atoms with E-state index in [1.165, 1.54) is 0 Å². The number of rotatable bonds is 2. The molecule has 1 aliphatic heterocycles. The van der Waals surface area contributed by atoms with Crippen molar-refractivity contribution in [1.29, 1.82) is 0 Å². The molecule has 18 heavy (non-hydrogen) atoms. The van der Waals surface area contributed by atoms with Gasteiger partial charge < -0.3 is 9.84 Å². The highest BCUT2D eigenvalue weighted by Crippen LogP contribution is 2.46. The first-order chi connectivity index (χ1) is 8.00. The second-order valence-corrected chi connectivity index (χ2v) is 7.97. The predicted molar refractivity (Wildman–Crippen MR) is 75.7 cm³/mol. The number of thioether (sulfide) groups is 1. The summed E-state index contributed by atoms with van der Waals surface area (Å²) in [5, 5.41) is 10.9. The summed E-state index contributed by atoms with van der Waals surface area (Å²) in [6.45, 7) is 11.4. The van der Waals surface area contributed by atoms with Gasteiger partial charge in [-0.15, -0.1) is 0 Å². The minimum absolute atomic E-state index is 0.255. The Hall–Kier alpha value is -0.220. The van der Waals surface area contributed by atoms with Crippen molar-refractivity contribution in [3.05, 3.63) is 0 Å². The van der Waals surface area contributed by atoms with E-state index in [-0.39, 0.29) is 11.4 Å². The molecular formula is C14H26O3S. The van der Waals surface area contributed by atoms with Crippen LogP contribution in [0.4, 0.5) is 0 Å². The third-order valence-corrected chi connectivity index (χ3v) is 4.98. The van der Waals surface area contributed by atoms with Crippen LogP contribution in [-0.4, -0.2) is 33.8 Å². The highest BCUT2D eigenvalue weighted by Gasteiger charge is 2.52. The van der Waals surface area contributed by atoms with Crippen LogP contribution in [0.3, 0.4) is 0 Å². The summed E-state index contributed by atoms with van der Waals surface area (Å²) >= 11 is 1.71. The molecule has 0 spiro atoms. The molecular weight excluding hydrogens is 248 g/mol. The first kappa shape index (κ1) is 15.8. The van der Waals surface area contributed by atoms with E-state index in [2.05, 4.69) is 0 Å². The molecule has 4 heteroatoms. The summed E-state index contributed by atoms with van der Waals surface area (Å²) in [5.41, 5.74) is -1.75. The predicted octanol–water partition coefficient (Wildman–Crippen LogP) is 2.86. The molecule has 1 aliphatic rings. The second kappa shape index (κ2) is 5.04. The Morgan fingerprint density at radius 1 is 1.39 bits per heavy atom. The summed E-state index contributed by atoms with van der Waals surface area (Å²) in [7, 11) is 0. The quantitative estimate of drug-likeness (QED) is 0.787. The van der Waals surface area contributed by atoms with Crippen LogP contribution in [0.2, 0.25) is 0 Å². The Bertz CT molecular complexity index is 319. The number of aliphatic hydroxyl groups is 1. The smallest absolute Gasteiger partial charge is 0.312 e. The van der Waals surface area contributed by atoms with Crippen molar-refractivity contribution in [3.8, 4) is 0 Å². The van der Waals surface area contributed by atoms with Crippen molar-refractivity contribution in [2.24, 2.45) is 11.3 Å². The van der Waals surface area contributed by atoms with Crippen LogP contribution in [-0.2, 0) is 9.53 Å². The zero-order chi connectivity index (χ0) is 14.2. The molecule has 0 aromatic heterocycles. The molecule has 1 saturated heterocycles. The average Bonchev–Trinajstić information content (AvgIpc) is 2.18. The van der Waals surface area contributed by atoms with Gasteiger partial charge in [-0.25, -0.2) is 0 Å². The van der Waals surface area contributed by atoms with Crippen LogP contribution in [0.15, 0.2) is 0 Å². The highest BCUT2D eigenvalue weighted by molar-refractivity contribution is 7.99. The van der Waals surface area contributed by atoms with E-state index in [1.54, 1.807) is 18.7 Å². The SMILES string of the molecule is CC(C(=O)OC(C)(C)C)C1(O)CSCCC1(C)C. The van der Waals surface area contributed by atoms with E-state index in [9.17, 15) is 9.90 Å². The third kappa shape index (κ3) is 3.21. The third-order valence-electron chi connectivity index (χ3n) is 3.84. The fourth-order valence-electron chi connectivity index (χ4n) is 2.26. The van der Waals surface area contributed by atoms with Crippen LogP contribution < -0.4 is 0 Å². The van der Waals surface area contributed by atoms with Crippen molar-refractivity contribution in [3.63, 3.8) is 0 Å². The average molecular weight is 274 g/mol. The highest BCUT2D eigenvalue weighted by atomic mass is 32.2. The van der Waals surface area contributed by atoms with Crippen molar-refractivity contribution in [2.75, 3.05) is 11.5 Å². The normalized spacial score (nSPS) is 29.7. The summed E-state index contributed by atoms with van der Waals surface area (Å²) in [6, 6.07) is 0. The van der Waals surface area contributed by atoms with E-state index < -0.39 is 17.1 Å². The Morgan fingerprint density at radius 3 is 2.39 bits per heavy atom. The standard InChI is InChI=1S/C14H26O3S/c1-10(11(15)17-12(2,3)4)14(16)9-18-8-7-13(14,5)6/h10,16H,7-9H2,1-6H3. The van der Waals surface area contributed by atoms with Crippen molar-refractivity contribution in [1.82, 2.24) is 0 Å². The van der Waals surface area contributed by atoms with Gasteiger partial charge in [0.2, 0.25) is 0 Å². The molecule has 1 rings (SSSR count). The molecule has 0 saturated carbocycles. The van der Waals surface area contributed by atoms with Gasteiger partial charge in [-0.05, 0) is 45.3 Å². The van der Waals surface area contributed by atoms with Crippen LogP contribution in [0, 0.1) is 11.3 Å². The minimum Gasteiger partial charge on any atom is -0.460 e. The first-order valence-corrected chi connectivity index (χ1v) is 7.68. The van der Waals surface area contributed by atoms with Gasteiger partial charge >= 0.3 is 5.97 Å². The Balaban J connectivity index is 2.87. The lowest BCUT2D eigenvalue weighted by Crippen LogP contribution is -2.57. The van der Waals surface area contributed by atoms with Gasteiger partial charge in [-0.1, -0.05) is 13.8 Å². The topological polar surface area (TPSA) is 46.5 Å². The number of hydrogen-bond acceptors (Lipinski definition) is 4. The van der Waals surface area contributed by atoms with Crippen molar-refractivity contribution in [2.45, 2.75) is 59.2 Å². The molecule has 0 aromatic carbocycles. The lowest BCUT2D eigenvalue weighted by molar-refractivity contribution is -0.176. The molecule has 1 N–H and O–H groups in total. The molecule has 2 atom stereocenters. The van der Waals surface area contributed by atoms with Crippen LogP contribution in [0.1, 0.15) is 48.0 Å². The molecule has 0 aromatic rings. The first-order valence-electron chi connectivity index (χ1n) is 6.53. The Labute approximate surface area is 115 Å². The Morgan fingerprint density at radius 2 is 1.94 bits per heavy atom. The van der Waals surface area contributed by atoms with E-state index in [0.717, 1.165) is 12.2 Å². The molecule has 2 unspecified atom stereocenters. The molecule has 0 aliphatic carbocycles. The number of ether oxygens (including phenoxy) is 1. The summed E-state index contributed by atoms with van der Waals surface area (Å²) in [4.78, 5) is 12.2. The fraction of sp³-hybridized carbons (Fsp3) is 0.929. The van der Waals surface area contributed by atoms with Gasteiger partial charge in [0.1, 0.15) is 5.60 Å². The summed E-state index contributed by atoms with van der Waals surface area (Å²) in [6.07, 6.45) is 0.918. The van der Waals surface area contributed by atoms with Gasteiger partial charge in [0.25, 0.3) is 0 Å². The van der Waals surface area contributed by atoms with Crippen molar-refractivity contribution < 1.29 is 14.6 Å². The van der Waals surface area contributed by atoms with Crippen LogP contribution >= 0.6 is 11.8 Å². The lowest BCUT2D eigenvalue weighted by Gasteiger charge is -2.49. The summed E-state index contributed by atoms with van der Waals surface area (Å²) in [5.74, 6) is 0.830. The zero-order valence-electron chi connectivity index (χ0n) is 12.4. The molecule has 106 valence electrons. The largest absolute Gasteiger partial charge is 0.460 e. The maximum absolute atomic E-state index is 12.2. The molecule has 0 radical (unpaired) electrons. The fourth-order valence-corrected chi connectivity index (χ4v) is 4.01. The minimum atomic E-state index is -0.988. The maximum atomic E-state index is 12.2. The van der Waals surface area contributed by atoms with Gasteiger partial charge in [-0.3, -0.25) is 4.79 Å². The molecule has 3 nitrogen and oxygen atoms in total. The number of carbonyl (C=O) groups is 1. The van der Waals surface area contributed by atoms with Crippen molar-refractivity contribution >= 4 is 17.7 Å². The van der Waals surface area contributed by atoms with Gasteiger partial charge in [0, 0.05) is 5.75 Å². The number of carbonyl (C=O) groups excluding carboxylic acids is 1. The lowest BCUT2D eigenvalue weighted by atomic mass is 9.67. The van der Waals surface area contributed by atoms with E-state index in [4.69, 9.17) is 4.74 Å². The second-order valence-electron chi connectivity index (χ2n) is 6.87. The van der Waals surface area contributed by atoms with Gasteiger partial charge in [-0.2, -0.15) is 11.8 Å². The zero-order valence-corrected chi connectivity index (χ0v) is 13.2. The number of hydrogen-bond donors (Lipinski definition) is 1. The van der Waals surface area contributed by atoms with E-state index >= 15 is 0 Å². The monoisotopic (exact) mass is 274 g/mol. The molecule has 0 amide bonds. The van der Waals surface area contributed by atoms with E-state index in [0.29, 0.717) is 5.75 Å². The number of esters is 1. The molecule has 0 bridgehead atoms. The molecule has 1 heterocycles. The van der Waals surface area contributed by atoms with E-state index in [1.807, 2.05) is 34.6 Å². The van der Waals surface area contributed by atoms with Gasteiger partial charge in [0.15, 0.2) is 0 Å². The van der Waals surface area contributed by atoms with Crippen LogP contribution in [0.25, 0.3) is 0 Å². The maximum Gasteiger partial charge on any atom is 0.312 e. The summed E-state index contributed by atoms with van der Waals surface area (Å²) < 4.78 is 5.40. The van der Waals surface area contributed by atoms with Crippen LogP contribution in [0.5, 0.6) is 0 Å². The Kier molecular flexibility index (Phi) is 4.44. The van der Waals surface area contributed by atoms with Gasteiger partial charge in [0.05, 0.1) is 11.5 Å². The molecule has 1 fully saturated rings.